The number of ether oxygens (including phenoxy) is 1. The van der Waals surface area contributed by atoms with E-state index in [0.29, 0.717) is 5.56 Å². The largest absolute Gasteiger partial charge is 0.486 e. The summed E-state index contributed by atoms with van der Waals surface area (Å²) in [6.45, 7) is 4.45. The molecule has 3 saturated carbocycles. The van der Waals surface area contributed by atoms with E-state index in [1.165, 1.54) is 77.0 Å². The van der Waals surface area contributed by atoms with Gasteiger partial charge >= 0.3 is 0 Å². The number of allylic oxidation sites excluding steroid dienone is 1. The van der Waals surface area contributed by atoms with E-state index in [4.69, 9.17) is 4.74 Å². The van der Waals surface area contributed by atoms with Crippen LogP contribution in [0.5, 0.6) is 5.75 Å². The van der Waals surface area contributed by atoms with Gasteiger partial charge in [0.1, 0.15) is 6.61 Å². The summed E-state index contributed by atoms with van der Waals surface area (Å²) in [6, 6.07) is 3.38. The molecule has 0 saturated heterocycles. The number of hydrogen-bond donors (Lipinski definition) is 0. The van der Waals surface area contributed by atoms with Crippen LogP contribution in [0.3, 0.4) is 0 Å². The van der Waals surface area contributed by atoms with Gasteiger partial charge in [-0.1, -0.05) is 57.2 Å². The van der Waals surface area contributed by atoms with Crippen molar-refractivity contribution in [3.05, 3.63) is 41.5 Å². The minimum absolute atomic E-state index is 0.0184. The molecule has 0 aromatic heterocycles. The van der Waals surface area contributed by atoms with Crippen LogP contribution in [0, 0.1) is 41.2 Å². The maximum absolute atomic E-state index is 14.8. The Kier molecular flexibility index (Phi) is 9.48. The van der Waals surface area contributed by atoms with Crippen LogP contribution in [0.4, 0.5) is 8.78 Å². The number of benzene rings is 1. The van der Waals surface area contributed by atoms with Gasteiger partial charge in [0.25, 0.3) is 0 Å². The minimum atomic E-state index is -0.826. The molecule has 4 unspecified atom stereocenters. The van der Waals surface area contributed by atoms with E-state index in [-0.39, 0.29) is 18.3 Å². The van der Waals surface area contributed by atoms with Crippen molar-refractivity contribution in [3.8, 4) is 5.75 Å². The molecule has 0 amide bonds. The van der Waals surface area contributed by atoms with Crippen LogP contribution in [-0.2, 0) is 0 Å². The summed E-state index contributed by atoms with van der Waals surface area (Å²) in [5.41, 5.74) is 0.555. The fraction of sp³-hybridized carbons (Fsp3) is 0.742. The highest BCUT2D eigenvalue weighted by Crippen LogP contribution is 2.50. The van der Waals surface area contributed by atoms with E-state index in [9.17, 15) is 8.78 Å². The van der Waals surface area contributed by atoms with Crippen LogP contribution in [0.1, 0.15) is 115 Å². The highest BCUT2D eigenvalue weighted by molar-refractivity contribution is 5.33. The molecule has 1 aromatic carbocycles. The number of unbranched alkanes of at least 4 members (excludes halogenated alkanes) is 2. The molecule has 3 aliphatic rings. The third kappa shape index (κ3) is 6.24. The zero-order valence-electron chi connectivity index (χ0n) is 21.5. The van der Waals surface area contributed by atoms with Gasteiger partial charge in [0.2, 0.25) is 5.82 Å². The van der Waals surface area contributed by atoms with Crippen molar-refractivity contribution in [3.63, 3.8) is 0 Å². The van der Waals surface area contributed by atoms with Crippen LogP contribution in [-0.4, -0.2) is 6.61 Å². The van der Waals surface area contributed by atoms with Gasteiger partial charge in [-0.05, 0) is 112 Å². The normalized spacial score (nSPS) is 32.0. The molecule has 3 heteroatoms. The Bertz CT molecular complexity index is 795. The third-order valence-corrected chi connectivity index (χ3v) is 9.50. The molecular formula is C31H46F2O. The number of fused-ring (bicyclic) bond motifs is 1. The second-order valence-electron chi connectivity index (χ2n) is 11.5. The second kappa shape index (κ2) is 12.5. The van der Waals surface area contributed by atoms with Crippen molar-refractivity contribution >= 4 is 0 Å². The Hall–Kier alpha value is -1.38. The first kappa shape index (κ1) is 25.7. The molecular weight excluding hydrogens is 426 g/mol. The molecule has 4 atom stereocenters. The highest BCUT2D eigenvalue weighted by Gasteiger charge is 2.39. The molecule has 4 rings (SSSR count). The van der Waals surface area contributed by atoms with Gasteiger partial charge in [0.05, 0.1) is 0 Å². The van der Waals surface area contributed by atoms with Gasteiger partial charge in [-0.25, -0.2) is 4.39 Å². The van der Waals surface area contributed by atoms with E-state index < -0.39 is 11.6 Å². The maximum atomic E-state index is 14.8. The molecule has 1 nitrogen and oxygen atoms in total. The quantitative estimate of drug-likeness (QED) is 0.257. The zero-order chi connectivity index (χ0) is 23.9. The van der Waals surface area contributed by atoms with Gasteiger partial charge < -0.3 is 4.74 Å². The summed E-state index contributed by atoms with van der Waals surface area (Å²) in [6.07, 6.45) is 22.3. The lowest BCUT2D eigenvalue weighted by molar-refractivity contribution is 0.0612. The van der Waals surface area contributed by atoms with Gasteiger partial charge in [-0.15, -0.1) is 0 Å². The summed E-state index contributed by atoms with van der Waals surface area (Å²) < 4.78 is 34.8. The van der Waals surface area contributed by atoms with Crippen LogP contribution >= 0.6 is 0 Å². The van der Waals surface area contributed by atoms with Crippen LogP contribution in [0.2, 0.25) is 0 Å². The van der Waals surface area contributed by atoms with Crippen molar-refractivity contribution in [2.75, 3.05) is 6.61 Å². The van der Waals surface area contributed by atoms with E-state index in [2.05, 4.69) is 6.92 Å². The molecule has 3 aliphatic carbocycles. The average molecular weight is 473 g/mol. The first-order valence-electron chi connectivity index (χ1n) is 14.3. The molecule has 0 bridgehead atoms. The van der Waals surface area contributed by atoms with Crippen LogP contribution < -0.4 is 4.74 Å². The van der Waals surface area contributed by atoms with Crippen molar-refractivity contribution in [2.45, 2.75) is 110 Å². The molecule has 0 spiro atoms. The van der Waals surface area contributed by atoms with Crippen LogP contribution in [0.15, 0.2) is 24.3 Å². The lowest BCUT2D eigenvalue weighted by Gasteiger charge is -2.45. The smallest absolute Gasteiger partial charge is 0.200 e. The summed E-state index contributed by atoms with van der Waals surface area (Å²) in [7, 11) is 0. The summed E-state index contributed by atoms with van der Waals surface area (Å²) in [4.78, 5) is 0. The van der Waals surface area contributed by atoms with Gasteiger partial charge in [-0.2, -0.15) is 4.39 Å². The number of hydrogen-bond acceptors (Lipinski definition) is 1. The Morgan fingerprint density at radius 2 is 1.50 bits per heavy atom. The molecule has 3 fully saturated rings. The molecule has 1 aromatic rings. The second-order valence-corrected chi connectivity index (χ2v) is 11.5. The monoisotopic (exact) mass is 472 g/mol. The van der Waals surface area contributed by atoms with Crippen molar-refractivity contribution in [1.82, 2.24) is 0 Å². The molecule has 0 radical (unpaired) electrons. The predicted octanol–water partition coefficient (Wildman–Crippen LogP) is 9.61. The lowest BCUT2D eigenvalue weighted by Crippen LogP contribution is -2.34. The first-order valence-corrected chi connectivity index (χ1v) is 14.3. The van der Waals surface area contributed by atoms with Crippen LogP contribution in [0.25, 0.3) is 0 Å². The SMILES string of the molecule is C/C=C/COc1ccc(C2CCC(C3CCC4CC(CCCCC)CCC4C3)CC2)c(F)c1F. The molecule has 190 valence electrons. The van der Waals surface area contributed by atoms with Gasteiger partial charge in [0.15, 0.2) is 11.6 Å². The zero-order valence-corrected chi connectivity index (χ0v) is 21.5. The van der Waals surface area contributed by atoms with Crippen molar-refractivity contribution in [1.29, 1.82) is 0 Å². The van der Waals surface area contributed by atoms with Crippen molar-refractivity contribution < 1.29 is 13.5 Å². The lowest BCUT2D eigenvalue weighted by atomic mass is 9.60. The topological polar surface area (TPSA) is 9.23 Å². The van der Waals surface area contributed by atoms with E-state index in [0.717, 1.165) is 42.4 Å². The maximum Gasteiger partial charge on any atom is 0.200 e. The Morgan fingerprint density at radius 1 is 0.824 bits per heavy atom. The number of rotatable bonds is 9. The van der Waals surface area contributed by atoms with E-state index >= 15 is 0 Å². The summed E-state index contributed by atoms with van der Waals surface area (Å²) >= 11 is 0. The Labute approximate surface area is 206 Å². The standard InChI is InChI=1S/C31H46F2O/c1-3-5-7-8-22-9-10-27-21-26(16-15-25(27)20-22)23-11-13-24(14-12-23)28-17-18-29(31(33)30(28)32)34-19-6-4-2/h4,6,17-18,22-27H,3,5,7-16,19-21H2,1-2H3/b6-4+. The molecule has 34 heavy (non-hydrogen) atoms. The average Bonchev–Trinajstić information content (AvgIpc) is 2.87. The Morgan fingerprint density at radius 3 is 2.24 bits per heavy atom. The first-order chi connectivity index (χ1) is 16.6. The van der Waals surface area contributed by atoms with Crippen molar-refractivity contribution in [2.24, 2.45) is 29.6 Å². The fourth-order valence-corrected chi connectivity index (χ4v) is 7.51. The third-order valence-electron chi connectivity index (χ3n) is 9.50. The molecule has 0 aliphatic heterocycles. The molecule has 0 heterocycles. The fourth-order valence-electron chi connectivity index (χ4n) is 7.51. The molecule has 0 N–H and O–H groups in total. The number of halogens is 2. The summed E-state index contributed by atoms with van der Waals surface area (Å²) in [5.74, 6) is 3.23. The highest BCUT2D eigenvalue weighted by atomic mass is 19.2. The predicted molar refractivity (Wildman–Crippen MR) is 137 cm³/mol. The minimum Gasteiger partial charge on any atom is -0.486 e. The van der Waals surface area contributed by atoms with Gasteiger partial charge in [-0.3, -0.25) is 0 Å². The van der Waals surface area contributed by atoms with E-state index in [1.54, 1.807) is 18.2 Å². The van der Waals surface area contributed by atoms with E-state index in [1.807, 2.05) is 13.0 Å². The van der Waals surface area contributed by atoms with Gasteiger partial charge in [0, 0.05) is 0 Å². The Balaban J connectivity index is 1.26. The summed E-state index contributed by atoms with van der Waals surface area (Å²) in [5, 5.41) is 0.